The Hall–Kier alpha value is -4.71. The first kappa shape index (κ1) is 34.8. The van der Waals surface area contributed by atoms with Crippen molar-refractivity contribution in [3.05, 3.63) is 66.4 Å². The van der Waals surface area contributed by atoms with Crippen LogP contribution in [0.3, 0.4) is 0 Å². The van der Waals surface area contributed by atoms with Crippen LogP contribution in [0.1, 0.15) is 73.9 Å². The van der Waals surface area contributed by atoms with Crippen LogP contribution in [0.4, 0.5) is 25.9 Å². The fourth-order valence-corrected chi connectivity index (χ4v) is 4.08. The highest BCUT2D eigenvalue weighted by Gasteiger charge is 2.35. The van der Waals surface area contributed by atoms with Gasteiger partial charge in [-0.3, -0.25) is 4.79 Å². The van der Waals surface area contributed by atoms with Crippen molar-refractivity contribution >= 4 is 46.5 Å². The molecule has 45 heavy (non-hydrogen) atoms. The Morgan fingerprint density at radius 3 is 1.87 bits per heavy atom. The second-order valence-corrected chi connectivity index (χ2v) is 13.3. The summed E-state index contributed by atoms with van der Waals surface area (Å²) in [6.45, 7) is 15.1. The fraction of sp³-hybridized carbons (Fsp3) is 0.424. The normalized spacial score (nSPS) is 13.3. The van der Waals surface area contributed by atoms with Gasteiger partial charge in [0, 0.05) is 17.3 Å². The van der Waals surface area contributed by atoms with Gasteiger partial charge in [-0.2, -0.15) is 4.90 Å². The average molecular weight is 623 g/mol. The van der Waals surface area contributed by atoms with Gasteiger partial charge in [0.1, 0.15) is 16.8 Å². The SMILES string of the molecule is CC(C)(C)OC(=O)N[C@@H](c1ccccc1)[C@@H](O)C(=O)Nc1ccc2ccnc(N(C(=O)OC(C)(C)C)C(=O)OC(C)(C)C)c2c1. The van der Waals surface area contributed by atoms with E-state index in [-0.39, 0.29) is 11.5 Å². The van der Waals surface area contributed by atoms with Crippen molar-refractivity contribution in [2.75, 3.05) is 10.2 Å². The van der Waals surface area contributed by atoms with E-state index >= 15 is 0 Å². The molecule has 0 bridgehead atoms. The fourth-order valence-electron chi connectivity index (χ4n) is 4.08. The van der Waals surface area contributed by atoms with E-state index in [0.717, 1.165) is 0 Å². The van der Waals surface area contributed by atoms with Crippen molar-refractivity contribution in [2.24, 2.45) is 0 Å². The summed E-state index contributed by atoms with van der Waals surface area (Å²) in [7, 11) is 0. The van der Waals surface area contributed by atoms with E-state index in [2.05, 4.69) is 15.6 Å². The Bertz CT molecular complexity index is 1510. The van der Waals surface area contributed by atoms with Crippen molar-refractivity contribution in [3.63, 3.8) is 0 Å². The molecule has 2 atom stereocenters. The van der Waals surface area contributed by atoms with Gasteiger partial charge >= 0.3 is 18.3 Å². The van der Waals surface area contributed by atoms with E-state index in [0.29, 0.717) is 21.2 Å². The lowest BCUT2D eigenvalue weighted by Gasteiger charge is -2.28. The van der Waals surface area contributed by atoms with Crippen molar-refractivity contribution in [2.45, 2.75) is 91.3 Å². The van der Waals surface area contributed by atoms with E-state index in [1.54, 1.807) is 111 Å². The number of alkyl carbamates (subject to hydrolysis) is 1. The smallest absolute Gasteiger partial charge is 0.425 e. The van der Waals surface area contributed by atoms with Crippen LogP contribution in [0, 0.1) is 0 Å². The predicted molar refractivity (Wildman–Crippen MR) is 170 cm³/mol. The molecule has 0 spiro atoms. The number of rotatable bonds is 6. The first-order valence-corrected chi connectivity index (χ1v) is 14.4. The molecule has 0 fully saturated rings. The number of pyridine rings is 1. The van der Waals surface area contributed by atoms with Gasteiger partial charge in [0.2, 0.25) is 0 Å². The van der Waals surface area contributed by atoms with Crippen LogP contribution in [-0.2, 0) is 19.0 Å². The lowest BCUT2D eigenvalue weighted by Crippen LogP contribution is -2.44. The molecule has 0 aliphatic heterocycles. The highest BCUT2D eigenvalue weighted by molar-refractivity contribution is 6.14. The second-order valence-electron chi connectivity index (χ2n) is 13.3. The summed E-state index contributed by atoms with van der Waals surface area (Å²) >= 11 is 0. The Balaban J connectivity index is 1.98. The third-order valence-corrected chi connectivity index (χ3v) is 5.79. The molecule has 2 aromatic carbocycles. The van der Waals surface area contributed by atoms with Crippen molar-refractivity contribution in [1.82, 2.24) is 10.3 Å². The molecule has 0 aliphatic rings. The zero-order valence-electron chi connectivity index (χ0n) is 27.1. The molecule has 3 N–H and O–H groups in total. The molecule has 1 heterocycles. The summed E-state index contributed by atoms with van der Waals surface area (Å²) in [6.07, 6.45) is -3.12. The number of hydrogen-bond acceptors (Lipinski definition) is 9. The summed E-state index contributed by atoms with van der Waals surface area (Å²) in [5.41, 5.74) is -1.97. The largest absolute Gasteiger partial charge is 0.444 e. The zero-order valence-corrected chi connectivity index (χ0v) is 27.1. The van der Waals surface area contributed by atoms with Gasteiger partial charge in [0.15, 0.2) is 11.9 Å². The van der Waals surface area contributed by atoms with Gasteiger partial charge in [-0.1, -0.05) is 36.4 Å². The quantitative estimate of drug-likeness (QED) is 0.262. The number of carbonyl (C=O) groups excluding carboxylic acids is 4. The van der Waals surface area contributed by atoms with E-state index in [9.17, 15) is 24.3 Å². The minimum absolute atomic E-state index is 0.0820. The summed E-state index contributed by atoms with van der Waals surface area (Å²) in [6, 6.07) is 13.8. The van der Waals surface area contributed by atoms with E-state index < -0.39 is 53.1 Å². The Morgan fingerprint density at radius 2 is 1.33 bits per heavy atom. The highest BCUT2D eigenvalue weighted by atomic mass is 16.6. The number of anilines is 2. The maximum Gasteiger partial charge on any atom is 0.425 e. The number of aromatic nitrogens is 1. The first-order valence-electron chi connectivity index (χ1n) is 14.4. The third kappa shape index (κ3) is 10.2. The molecular formula is C33H42N4O8. The molecule has 12 nitrogen and oxygen atoms in total. The van der Waals surface area contributed by atoms with Crippen LogP contribution >= 0.6 is 0 Å². The van der Waals surface area contributed by atoms with Gasteiger partial charge < -0.3 is 30.0 Å². The number of imide groups is 1. The van der Waals surface area contributed by atoms with Crippen LogP contribution in [0.15, 0.2) is 60.8 Å². The standard InChI is InChI=1S/C33H42N4O8/c1-31(2,3)43-28(40)36-24(21-13-11-10-12-14-21)25(38)27(39)35-22-16-15-20-17-18-34-26(23(20)19-22)37(29(41)44-32(4,5)6)30(42)45-33(7,8)9/h10-19,24-25,38H,1-9H3,(H,35,39)(H,36,40)/t24-,25+/m0/s1. The number of amides is 4. The third-order valence-electron chi connectivity index (χ3n) is 5.79. The molecule has 1 aromatic heterocycles. The first-order chi connectivity index (χ1) is 20.7. The van der Waals surface area contributed by atoms with Gasteiger partial charge in [-0.15, -0.1) is 0 Å². The molecule has 0 saturated carbocycles. The van der Waals surface area contributed by atoms with Gasteiger partial charge in [-0.05, 0) is 91.5 Å². The number of fused-ring (bicyclic) bond motifs is 1. The number of benzene rings is 2. The number of carbonyl (C=O) groups is 4. The molecule has 12 heteroatoms. The van der Waals surface area contributed by atoms with E-state index in [1.165, 1.54) is 12.3 Å². The molecule has 0 unspecified atom stereocenters. The lowest BCUT2D eigenvalue weighted by molar-refractivity contribution is -0.125. The number of ether oxygens (including phenoxy) is 3. The maximum atomic E-state index is 13.4. The van der Waals surface area contributed by atoms with Crippen LogP contribution in [0.25, 0.3) is 10.8 Å². The molecule has 3 aromatic rings. The molecule has 0 radical (unpaired) electrons. The monoisotopic (exact) mass is 622 g/mol. The van der Waals surface area contributed by atoms with Crippen LogP contribution < -0.4 is 15.5 Å². The van der Waals surface area contributed by atoms with Gasteiger partial charge in [0.25, 0.3) is 5.91 Å². The molecule has 3 rings (SSSR count). The van der Waals surface area contributed by atoms with Crippen LogP contribution in [0.2, 0.25) is 0 Å². The second kappa shape index (κ2) is 13.5. The molecule has 0 aliphatic carbocycles. The van der Waals surface area contributed by atoms with Crippen molar-refractivity contribution in [1.29, 1.82) is 0 Å². The number of nitrogens with zero attached hydrogens (tertiary/aromatic N) is 2. The minimum atomic E-state index is -1.73. The summed E-state index contributed by atoms with van der Waals surface area (Å²) in [5, 5.41) is 17.3. The van der Waals surface area contributed by atoms with Gasteiger partial charge in [0.05, 0.1) is 6.04 Å². The number of nitrogens with one attached hydrogen (secondary N) is 2. The summed E-state index contributed by atoms with van der Waals surface area (Å²) < 4.78 is 16.3. The molecule has 0 saturated heterocycles. The van der Waals surface area contributed by atoms with E-state index in [1.807, 2.05) is 0 Å². The zero-order chi connectivity index (χ0) is 33.7. The van der Waals surface area contributed by atoms with Crippen molar-refractivity contribution < 1.29 is 38.5 Å². The predicted octanol–water partition coefficient (Wildman–Crippen LogP) is 6.48. The van der Waals surface area contributed by atoms with Crippen LogP contribution in [0.5, 0.6) is 0 Å². The summed E-state index contributed by atoms with van der Waals surface area (Å²) in [5.74, 6) is -0.915. The Labute approximate surface area is 263 Å². The Morgan fingerprint density at radius 1 is 0.778 bits per heavy atom. The average Bonchev–Trinajstić information content (AvgIpc) is 2.89. The summed E-state index contributed by atoms with van der Waals surface area (Å²) in [4.78, 5) is 57.5. The Kier molecular flexibility index (Phi) is 10.4. The lowest BCUT2D eigenvalue weighted by atomic mass is 10.0. The van der Waals surface area contributed by atoms with E-state index in [4.69, 9.17) is 14.2 Å². The van der Waals surface area contributed by atoms with Gasteiger partial charge in [-0.25, -0.2) is 19.4 Å². The maximum absolute atomic E-state index is 13.4. The van der Waals surface area contributed by atoms with Crippen LogP contribution in [-0.4, -0.2) is 57.2 Å². The molecule has 4 amide bonds. The number of aliphatic hydroxyl groups is 1. The number of aliphatic hydroxyl groups excluding tert-OH is 1. The number of hydrogen-bond donors (Lipinski definition) is 3. The van der Waals surface area contributed by atoms with Crippen molar-refractivity contribution in [3.8, 4) is 0 Å². The topological polar surface area (TPSA) is 156 Å². The minimum Gasteiger partial charge on any atom is -0.444 e. The highest BCUT2D eigenvalue weighted by Crippen LogP contribution is 2.30. The molecular weight excluding hydrogens is 580 g/mol. The molecule has 242 valence electrons.